The minimum absolute atomic E-state index is 0.0341. The van der Waals surface area contributed by atoms with Gasteiger partial charge in [-0.25, -0.2) is 0 Å². The van der Waals surface area contributed by atoms with Gasteiger partial charge in [-0.15, -0.1) is 0 Å². The highest BCUT2D eigenvalue weighted by Gasteiger charge is 2.25. The first-order chi connectivity index (χ1) is 8.04. The van der Waals surface area contributed by atoms with Gasteiger partial charge >= 0.3 is 0 Å². The lowest BCUT2D eigenvalue weighted by Crippen LogP contribution is -2.22. The Hall–Kier alpha value is -0.930. The Morgan fingerprint density at radius 3 is 2.41 bits per heavy atom. The number of rotatable bonds is 2. The van der Waals surface area contributed by atoms with Gasteiger partial charge in [0, 0.05) is 22.9 Å². The fourth-order valence-corrected chi connectivity index (χ4v) is 2.20. The van der Waals surface area contributed by atoms with Gasteiger partial charge in [0.1, 0.15) is 0 Å². The third-order valence-electron chi connectivity index (χ3n) is 2.96. The van der Waals surface area contributed by atoms with Gasteiger partial charge < -0.3 is 14.6 Å². The molecule has 0 spiro atoms. The van der Waals surface area contributed by atoms with E-state index < -0.39 is 0 Å². The van der Waals surface area contributed by atoms with Crippen LogP contribution in [0.5, 0.6) is 11.5 Å². The van der Waals surface area contributed by atoms with Crippen LogP contribution >= 0.6 is 11.6 Å². The molecule has 0 fully saturated rings. The van der Waals surface area contributed by atoms with Crippen molar-refractivity contribution in [3.05, 3.63) is 22.7 Å². The molecule has 0 aromatic heterocycles. The molecule has 2 rings (SSSR count). The largest absolute Gasteiger partial charge is 0.490 e. The van der Waals surface area contributed by atoms with Gasteiger partial charge in [0.15, 0.2) is 11.5 Å². The quantitative estimate of drug-likeness (QED) is 0.884. The van der Waals surface area contributed by atoms with Crippen molar-refractivity contribution in [1.82, 2.24) is 0 Å². The Labute approximate surface area is 106 Å². The first-order valence-electron chi connectivity index (χ1n) is 5.75. The van der Waals surface area contributed by atoms with E-state index in [4.69, 9.17) is 21.1 Å². The molecule has 4 heteroatoms. The molecule has 1 aromatic rings. The highest BCUT2D eigenvalue weighted by Crippen LogP contribution is 2.39. The molecule has 0 amide bonds. The van der Waals surface area contributed by atoms with Gasteiger partial charge in [0.2, 0.25) is 0 Å². The van der Waals surface area contributed by atoms with Crippen molar-refractivity contribution in [1.29, 1.82) is 0 Å². The van der Waals surface area contributed by atoms with E-state index in [1.165, 1.54) is 0 Å². The fourth-order valence-electron chi connectivity index (χ4n) is 1.79. The number of hydrogen-bond acceptors (Lipinski definition) is 3. The second kappa shape index (κ2) is 4.75. The van der Waals surface area contributed by atoms with Crippen LogP contribution in [0, 0.1) is 0 Å². The predicted molar refractivity (Wildman–Crippen MR) is 67.2 cm³/mol. The monoisotopic (exact) mass is 256 g/mol. The Balaban J connectivity index is 2.46. The van der Waals surface area contributed by atoms with E-state index in [-0.39, 0.29) is 12.0 Å². The number of aliphatic hydroxyl groups is 1. The van der Waals surface area contributed by atoms with Crippen molar-refractivity contribution in [3.63, 3.8) is 0 Å². The lowest BCUT2D eigenvalue weighted by molar-refractivity contribution is 0.218. The number of benzene rings is 1. The van der Waals surface area contributed by atoms with Crippen molar-refractivity contribution in [2.24, 2.45) is 0 Å². The molecular weight excluding hydrogens is 240 g/mol. The summed E-state index contributed by atoms with van der Waals surface area (Å²) in [4.78, 5) is 0. The Morgan fingerprint density at radius 1 is 1.24 bits per heavy atom. The second-order valence-corrected chi connectivity index (χ2v) is 5.28. The minimum atomic E-state index is -0.387. The maximum Gasteiger partial charge on any atom is 0.162 e. The topological polar surface area (TPSA) is 38.7 Å². The van der Waals surface area contributed by atoms with E-state index in [0.717, 1.165) is 12.0 Å². The average molecular weight is 257 g/mol. The average Bonchev–Trinajstić information content (AvgIpc) is 2.52. The summed E-state index contributed by atoms with van der Waals surface area (Å²) in [6, 6.07) is 3.65. The zero-order valence-electron chi connectivity index (χ0n) is 10.1. The summed E-state index contributed by atoms with van der Waals surface area (Å²) in [6.07, 6.45) is 0.866. The minimum Gasteiger partial charge on any atom is -0.490 e. The molecule has 0 unspecified atom stereocenters. The number of halogens is 1. The van der Waals surface area contributed by atoms with Gasteiger partial charge in [-0.3, -0.25) is 0 Å². The third kappa shape index (κ3) is 2.50. The molecule has 3 nitrogen and oxygen atoms in total. The van der Waals surface area contributed by atoms with Crippen LogP contribution in [0.2, 0.25) is 5.02 Å². The number of aliphatic hydroxyl groups excluding tert-OH is 1. The molecule has 1 N–H and O–H groups in total. The van der Waals surface area contributed by atoms with Gasteiger partial charge in [0.25, 0.3) is 0 Å². The zero-order valence-corrected chi connectivity index (χ0v) is 10.9. The number of ether oxygens (including phenoxy) is 2. The molecule has 0 bridgehead atoms. The molecule has 1 aliphatic heterocycles. The van der Waals surface area contributed by atoms with Crippen LogP contribution in [0.1, 0.15) is 25.8 Å². The number of hydrogen-bond donors (Lipinski definition) is 1. The van der Waals surface area contributed by atoms with Crippen LogP contribution < -0.4 is 9.47 Å². The van der Waals surface area contributed by atoms with Crippen molar-refractivity contribution in [2.45, 2.75) is 25.7 Å². The Kier molecular flexibility index (Phi) is 3.50. The molecule has 0 radical (unpaired) electrons. The first kappa shape index (κ1) is 12.5. The van der Waals surface area contributed by atoms with E-state index >= 15 is 0 Å². The Morgan fingerprint density at radius 2 is 1.82 bits per heavy atom. The summed E-state index contributed by atoms with van der Waals surface area (Å²) in [5, 5.41) is 10.0. The van der Waals surface area contributed by atoms with E-state index in [1.54, 1.807) is 6.07 Å². The smallest absolute Gasteiger partial charge is 0.162 e. The molecule has 1 aliphatic rings. The molecule has 1 heterocycles. The molecular formula is C13H17ClO3. The number of fused-ring (bicyclic) bond motifs is 1. The van der Waals surface area contributed by atoms with Crippen LogP contribution in [-0.4, -0.2) is 24.9 Å². The van der Waals surface area contributed by atoms with Gasteiger partial charge in [-0.1, -0.05) is 25.4 Å². The molecule has 94 valence electrons. The standard InChI is InChI=1S/C13H17ClO3/c1-13(2,8-15)9-6-11-12(7-10(9)14)17-5-3-4-16-11/h6-7,15H,3-5,8H2,1-2H3. The lowest BCUT2D eigenvalue weighted by atomic mass is 9.85. The van der Waals surface area contributed by atoms with Crippen LogP contribution in [-0.2, 0) is 5.41 Å². The van der Waals surface area contributed by atoms with Gasteiger partial charge in [0.05, 0.1) is 19.8 Å². The van der Waals surface area contributed by atoms with Crippen LogP contribution in [0.3, 0.4) is 0 Å². The summed E-state index contributed by atoms with van der Waals surface area (Å²) in [5.41, 5.74) is 0.493. The second-order valence-electron chi connectivity index (χ2n) is 4.87. The van der Waals surface area contributed by atoms with Crippen molar-refractivity contribution in [3.8, 4) is 11.5 Å². The molecule has 0 saturated carbocycles. The molecule has 0 saturated heterocycles. The van der Waals surface area contributed by atoms with E-state index in [9.17, 15) is 5.11 Å². The van der Waals surface area contributed by atoms with E-state index in [1.807, 2.05) is 19.9 Å². The van der Waals surface area contributed by atoms with Crippen molar-refractivity contribution < 1.29 is 14.6 Å². The van der Waals surface area contributed by atoms with Crippen LogP contribution in [0.25, 0.3) is 0 Å². The summed E-state index contributed by atoms with van der Waals surface area (Å²) in [6.45, 7) is 5.21. The van der Waals surface area contributed by atoms with Crippen LogP contribution in [0.15, 0.2) is 12.1 Å². The van der Waals surface area contributed by atoms with E-state index in [0.29, 0.717) is 29.7 Å². The predicted octanol–water partition coefficient (Wildman–Crippen LogP) is 2.77. The zero-order chi connectivity index (χ0) is 12.5. The van der Waals surface area contributed by atoms with E-state index in [2.05, 4.69) is 0 Å². The first-order valence-corrected chi connectivity index (χ1v) is 6.13. The summed E-state index contributed by atoms with van der Waals surface area (Å²) >= 11 is 6.23. The summed E-state index contributed by atoms with van der Waals surface area (Å²) in [5.74, 6) is 1.40. The highest BCUT2D eigenvalue weighted by molar-refractivity contribution is 6.31. The van der Waals surface area contributed by atoms with Crippen molar-refractivity contribution in [2.75, 3.05) is 19.8 Å². The molecule has 0 aliphatic carbocycles. The lowest BCUT2D eigenvalue weighted by Gasteiger charge is -2.24. The summed E-state index contributed by atoms with van der Waals surface area (Å²) in [7, 11) is 0. The molecule has 1 aromatic carbocycles. The molecule has 0 atom stereocenters. The summed E-state index contributed by atoms with van der Waals surface area (Å²) < 4.78 is 11.2. The van der Waals surface area contributed by atoms with Gasteiger partial charge in [-0.2, -0.15) is 0 Å². The maximum atomic E-state index is 9.40. The third-order valence-corrected chi connectivity index (χ3v) is 3.27. The SMILES string of the molecule is CC(C)(CO)c1cc2c(cc1Cl)OCCCO2. The Bertz CT molecular complexity index is 415. The maximum absolute atomic E-state index is 9.40. The molecule has 17 heavy (non-hydrogen) atoms. The van der Waals surface area contributed by atoms with Gasteiger partial charge in [-0.05, 0) is 11.6 Å². The highest BCUT2D eigenvalue weighted by atomic mass is 35.5. The fraction of sp³-hybridized carbons (Fsp3) is 0.538. The normalized spacial score (nSPS) is 15.5. The van der Waals surface area contributed by atoms with Crippen molar-refractivity contribution >= 4 is 11.6 Å². The van der Waals surface area contributed by atoms with Crippen LogP contribution in [0.4, 0.5) is 0 Å².